The van der Waals surface area contributed by atoms with E-state index in [-0.39, 0.29) is 15.8 Å². The molecule has 2 aromatic rings. The van der Waals surface area contributed by atoms with E-state index in [0.29, 0.717) is 18.4 Å². The molecule has 1 unspecified atom stereocenters. The normalized spacial score (nSPS) is 15.3. The number of carbonyl (C=O) groups is 1. The van der Waals surface area contributed by atoms with Crippen LogP contribution in [0.5, 0.6) is 0 Å². The Morgan fingerprint density at radius 3 is 2.86 bits per heavy atom. The van der Waals surface area contributed by atoms with Gasteiger partial charge in [0.2, 0.25) is 5.91 Å². The fourth-order valence-electron chi connectivity index (χ4n) is 2.46. The van der Waals surface area contributed by atoms with Crippen molar-refractivity contribution < 1.29 is 9.18 Å². The van der Waals surface area contributed by atoms with Gasteiger partial charge in [0.05, 0.1) is 9.85 Å². The number of anilines is 1. The van der Waals surface area contributed by atoms with Gasteiger partial charge in [0, 0.05) is 17.7 Å². The Hall–Kier alpha value is -1.39. The molecule has 0 aromatic heterocycles. The van der Waals surface area contributed by atoms with Gasteiger partial charge in [0.1, 0.15) is 5.82 Å². The van der Waals surface area contributed by atoms with Crippen molar-refractivity contribution in [1.82, 2.24) is 0 Å². The van der Waals surface area contributed by atoms with Gasteiger partial charge in [-0.25, -0.2) is 4.39 Å². The maximum absolute atomic E-state index is 14.1. The van der Waals surface area contributed by atoms with Crippen LogP contribution in [0.3, 0.4) is 0 Å². The van der Waals surface area contributed by atoms with Gasteiger partial charge in [-0.3, -0.25) is 4.79 Å². The molecule has 1 aliphatic heterocycles. The first-order valence-electron chi connectivity index (χ1n) is 6.57. The summed E-state index contributed by atoms with van der Waals surface area (Å²) >= 11 is 9.37. The third-order valence-electron chi connectivity index (χ3n) is 3.57. The Kier molecular flexibility index (Phi) is 4.00. The minimum Gasteiger partial charge on any atom is -0.326 e. The second kappa shape index (κ2) is 5.78. The number of halogens is 3. The molecule has 2 aromatic carbocycles. The average Bonchev–Trinajstić information content (AvgIpc) is 2.49. The molecule has 0 aliphatic carbocycles. The molecule has 1 amide bonds. The maximum Gasteiger partial charge on any atom is 0.224 e. The molecule has 3 rings (SSSR count). The average molecular weight is 369 g/mol. The Morgan fingerprint density at radius 1 is 1.24 bits per heavy atom. The highest BCUT2D eigenvalue weighted by atomic mass is 79.9. The fraction of sp³-hybridized carbons (Fsp3) is 0.188. The number of aryl methyl sites for hydroxylation is 1. The minimum atomic E-state index is -0.410. The molecule has 0 bridgehead atoms. The van der Waals surface area contributed by atoms with Crippen LogP contribution < -0.4 is 5.32 Å². The van der Waals surface area contributed by atoms with Gasteiger partial charge >= 0.3 is 0 Å². The monoisotopic (exact) mass is 367 g/mol. The molecular weight excluding hydrogens is 357 g/mol. The van der Waals surface area contributed by atoms with E-state index in [0.717, 1.165) is 16.8 Å². The summed E-state index contributed by atoms with van der Waals surface area (Å²) in [4.78, 5) is 11.1. The van der Waals surface area contributed by atoms with Crippen molar-refractivity contribution in [3.8, 4) is 0 Å². The number of benzene rings is 2. The molecule has 2 nitrogen and oxygen atoms in total. The number of hydrogen-bond acceptors (Lipinski definition) is 1. The van der Waals surface area contributed by atoms with Crippen LogP contribution in [0, 0.1) is 5.82 Å². The lowest BCUT2D eigenvalue weighted by Gasteiger charge is -2.19. The first kappa shape index (κ1) is 14.5. The molecule has 0 spiro atoms. The number of rotatable bonds is 2. The zero-order chi connectivity index (χ0) is 15.0. The van der Waals surface area contributed by atoms with Crippen molar-refractivity contribution in [1.29, 1.82) is 0 Å². The van der Waals surface area contributed by atoms with Crippen molar-refractivity contribution in [2.24, 2.45) is 0 Å². The lowest BCUT2D eigenvalue weighted by Crippen LogP contribution is -2.19. The maximum atomic E-state index is 14.1. The van der Waals surface area contributed by atoms with Gasteiger partial charge < -0.3 is 5.32 Å². The number of amides is 1. The molecule has 1 heterocycles. The Bertz CT molecular complexity index is 719. The summed E-state index contributed by atoms with van der Waals surface area (Å²) in [6.45, 7) is 0. The van der Waals surface area contributed by atoms with Crippen LogP contribution in [-0.4, -0.2) is 5.91 Å². The highest BCUT2D eigenvalue weighted by Gasteiger charge is 2.20. The third-order valence-corrected chi connectivity index (χ3v) is 4.89. The second-order valence-electron chi connectivity index (χ2n) is 4.97. The summed E-state index contributed by atoms with van der Waals surface area (Å²) in [5.41, 5.74) is 3.34. The van der Waals surface area contributed by atoms with E-state index in [1.807, 2.05) is 18.2 Å². The molecule has 0 radical (unpaired) electrons. The summed E-state index contributed by atoms with van der Waals surface area (Å²) < 4.78 is 14.1. The van der Waals surface area contributed by atoms with Crippen LogP contribution >= 0.6 is 27.5 Å². The van der Waals surface area contributed by atoms with Crippen molar-refractivity contribution >= 4 is 39.1 Å². The van der Waals surface area contributed by atoms with Crippen LogP contribution in [-0.2, 0) is 11.2 Å². The standard InChI is InChI=1S/C16H12BrClFNO/c17-15(11-2-1-3-12(18)16(11)19)10-4-6-13-9(8-10)5-7-14(21)20-13/h1-4,6,8,15H,5,7H2,(H,20,21). The van der Waals surface area contributed by atoms with Gasteiger partial charge in [0.25, 0.3) is 0 Å². The predicted molar refractivity (Wildman–Crippen MR) is 85.6 cm³/mol. The number of carbonyl (C=O) groups excluding carboxylic acids is 1. The largest absolute Gasteiger partial charge is 0.326 e. The number of fused-ring (bicyclic) bond motifs is 1. The summed E-state index contributed by atoms with van der Waals surface area (Å²) in [5, 5.41) is 2.95. The molecule has 108 valence electrons. The lowest BCUT2D eigenvalue weighted by atomic mass is 9.97. The van der Waals surface area contributed by atoms with E-state index in [2.05, 4.69) is 21.2 Å². The first-order chi connectivity index (χ1) is 10.1. The van der Waals surface area contributed by atoms with Gasteiger partial charge in [-0.1, -0.05) is 51.8 Å². The Labute approximate surface area is 135 Å². The molecule has 21 heavy (non-hydrogen) atoms. The van der Waals surface area contributed by atoms with Gasteiger partial charge in [-0.2, -0.15) is 0 Å². The van der Waals surface area contributed by atoms with Crippen LogP contribution in [0.1, 0.15) is 27.9 Å². The topological polar surface area (TPSA) is 29.1 Å². The predicted octanol–water partition coefficient (Wildman–Crippen LogP) is 4.85. The van der Waals surface area contributed by atoms with Crippen LogP contribution in [0.25, 0.3) is 0 Å². The zero-order valence-corrected chi connectivity index (χ0v) is 13.3. The molecular formula is C16H12BrClFNO. The molecule has 0 fully saturated rings. The van der Waals surface area contributed by atoms with Crippen molar-refractivity contribution in [3.63, 3.8) is 0 Å². The van der Waals surface area contributed by atoms with E-state index in [4.69, 9.17) is 11.6 Å². The number of hydrogen-bond donors (Lipinski definition) is 1. The third kappa shape index (κ3) is 2.83. The first-order valence-corrected chi connectivity index (χ1v) is 7.86. The Morgan fingerprint density at radius 2 is 2.05 bits per heavy atom. The van der Waals surface area contributed by atoms with Crippen LogP contribution in [0.4, 0.5) is 10.1 Å². The number of alkyl halides is 1. The van der Waals surface area contributed by atoms with Gasteiger partial charge in [0.15, 0.2) is 0 Å². The minimum absolute atomic E-state index is 0.0338. The molecule has 1 atom stereocenters. The second-order valence-corrected chi connectivity index (χ2v) is 6.29. The molecule has 1 aliphatic rings. The summed E-state index contributed by atoms with van der Waals surface area (Å²) in [6, 6.07) is 10.7. The SMILES string of the molecule is O=C1CCc2cc(C(Br)c3cccc(Cl)c3F)ccc2N1. The summed E-state index contributed by atoms with van der Waals surface area (Å²) in [6.07, 6.45) is 1.18. The highest BCUT2D eigenvalue weighted by Crippen LogP contribution is 2.36. The molecule has 5 heteroatoms. The highest BCUT2D eigenvalue weighted by molar-refractivity contribution is 9.09. The molecule has 1 N–H and O–H groups in total. The quantitative estimate of drug-likeness (QED) is 0.755. The molecule has 0 saturated carbocycles. The van der Waals surface area contributed by atoms with Crippen molar-refractivity contribution in [2.75, 3.05) is 5.32 Å². The van der Waals surface area contributed by atoms with Crippen molar-refractivity contribution in [3.05, 3.63) is 63.9 Å². The van der Waals surface area contributed by atoms with Gasteiger partial charge in [-0.05, 0) is 29.7 Å². The van der Waals surface area contributed by atoms with Crippen molar-refractivity contribution in [2.45, 2.75) is 17.7 Å². The zero-order valence-electron chi connectivity index (χ0n) is 11.0. The fourth-order valence-corrected chi connectivity index (χ4v) is 3.28. The summed E-state index contributed by atoms with van der Waals surface area (Å²) in [5.74, 6) is -0.376. The van der Waals surface area contributed by atoms with Crippen LogP contribution in [0.2, 0.25) is 5.02 Å². The summed E-state index contributed by atoms with van der Waals surface area (Å²) in [7, 11) is 0. The van der Waals surface area contributed by atoms with Crippen LogP contribution in [0.15, 0.2) is 36.4 Å². The smallest absolute Gasteiger partial charge is 0.224 e. The molecule has 0 saturated heterocycles. The van der Waals surface area contributed by atoms with E-state index < -0.39 is 5.82 Å². The number of nitrogens with one attached hydrogen (secondary N) is 1. The lowest BCUT2D eigenvalue weighted by molar-refractivity contribution is -0.116. The van der Waals surface area contributed by atoms with E-state index in [9.17, 15) is 9.18 Å². The van der Waals surface area contributed by atoms with Gasteiger partial charge in [-0.15, -0.1) is 0 Å². The Balaban J connectivity index is 1.97. The van der Waals surface area contributed by atoms with E-state index in [1.165, 1.54) is 6.07 Å². The van der Waals surface area contributed by atoms with E-state index in [1.54, 1.807) is 12.1 Å². The van der Waals surface area contributed by atoms with E-state index >= 15 is 0 Å².